The van der Waals surface area contributed by atoms with E-state index in [1.54, 1.807) is 0 Å². The molecule has 19 heavy (non-hydrogen) atoms. The molecule has 3 heteroatoms. The molecule has 0 spiro atoms. The van der Waals surface area contributed by atoms with E-state index in [9.17, 15) is 0 Å². The maximum Gasteiger partial charge on any atom is 0.0419 e. The van der Waals surface area contributed by atoms with Gasteiger partial charge in [0.2, 0.25) is 0 Å². The Kier molecular flexibility index (Phi) is 5.50. The number of nitrogens with zero attached hydrogens (tertiary/aromatic N) is 2. The average Bonchev–Trinajstić information content (AvgIpc) is 2.47. The topological polar surface area (TPSA) is 37.8 Å². The Balaban J connectivity index is 1.99. The maximum atomic E-state index is 4.42. The maximum absolute atomic E-state index is 4.42. The summed E-state index contributed by atoms with van der Waals surface area (Å²) in [6, 6.07) is 10.7. The predicted octanol–water partition coefficient (Wildman–Crippen LogP) is 2.63. The van der Waals surface area contributed by atoms with Crippen LogP contribution in [0, 0.1) is 0 Å². The lowest BCUT2D eigenvalue weighted by Crippen LogP contribution is -2.34. The van der Waals surface area contributed by atoms with Crippen molar-refractivity contribution in [2.45, 2.75) is 32.2 Å². The van der Waals surface area contributed by atoms with Gasteiger partial charge < -0.3 is 5.32 Å². The van der Waals surface area contributed by atoms with E-state index >= 15 is 0 Å². The standard InChI is InChI=1S/C16H21N3/c1-2-8-18-16(12-14-6-10-17-11-7-14)13-15-5-3-4-9-19-15/h3-7,9-11,16,18H,2,8,12-13H2,1H3. The van der Waals surface area contributed by atoms with Crippen molar-refractivity contribution in [3.05, 3.63) is 60.2 Å². The molecular formula is C16H21N3. The number of hydrogen-bond donors (Lipinski definition) is 1. The first-order chi connectivity index (χ1) is 9.38. The van der Waals surface area contributed by atoms with Gasteiger partial charge in [0.15, 0.2) is 0 Å². The van der Waals surface area contributed by atoms with Crippen LogP contribution >= 0.6 is 0 Å². The molecule has 0 saturated carbocycles. The van der Waals surface area contributed by atoms with Gasteiger partial charge in [0.1, 0.15) is 0 Å². The highest BCUT2D eigenvalue weighted by Crippen LogP contribution is 2.07. The van der Waals surface area contributed by atoms with E-state index in [0.717, 1.165) is 31.5 Å². The van der Waals surface area contributed by atoms with E-state index < -0.39 is 0 Å². The molecule has 0 aromatic carbocycles. The van der Waals surface area contributed by atoms with Crippen LogP contribution in [0.15, 0.2) is 48.9 Å². The van der Waals surface area contributed by atoms with E-state index in [2.05, 4.69) is 40.4 Å². The zero-order chi connectivity index (χ0) is 13.3. The Bertz CT molecular complexity index is 414. The molecule has 2 aromatic heterocycles. The molecule has 0 fully saturated rings. The van der Waals surface area contributed by atoms with Gasteiger partial charge in [0.25, 0.3) is 0 Å². The Morgan fingerprint density at radius 1 is 1.05 bits per heavy atom. The molecule has 1 N–H and O–H groups in total. The van der Waals surface area contributed by atoms with Crippen molar-refractivity contribution in [3.8, 4) is 0 Å². The summed E-state index contributed by atoms with van der Waals surface area (Å²) in [5.74, 6) is 0. The Hall–Kier alpha value is -1.74. The summed E-state index contributed by atoms with van der Waals surface area (Å²) in [5, 5.41) is 3.61. The molecule has 0 amide bonds. The second kappa shape index (κ2) is 7.64. The zero-order valence-electron chi connectivity index (χ0n) is 11.4. The van der Waals surface area contributed by atoms with Crippen molar-refractivity contribution in [2.75, 3.05) is 6.54 Å². The van der Waals surface area contributed by atoms with Crippen LogP contribution in [-0.4, -0.2) is 22.6 Å². The zero-order valence-corrected chi connectivity index (χ0v) is 11.4. The first-order valence-electron chi connectivity index (χ1n) is 6.90. The normalized spacial score (nSPS) is 12.3. The Morgan fingerprint density at radius 3 is 2.58 bits per heavy atom. The predicted molar refractivity (Wildman–Crippen MR) is 78.0 cm³/mol. The highest BCUT2D eigenvalue weighted by molar-refractivity contribution is 5.13. The SMILES string of the molecule is CCCNC(Cc1ccncc1)Cc1ccccn1. The van der Waals surface area contributed by atoms with E-state index in [1.807, 2.05) is 30.7 Å². The quantitative estimate of drug-likeness (QED) is 0.826. The van der Waals surface area contributed by atoms with Crippen LogP contribution in [0.4, 0.5) is 0 Å². The molecule has 3 nitrogen and oxygen atoms in total. The molecule has 0 saturated heterocycles. The van der Waals surface area contributed by atoms with E-state index in [-0.39, 0.29) is 0 Å². The van der Waals surface area contributed by atoms with Gasteiger partial charge in [-0.3, -0.25) is 9.97 Å². The molecule has 2 heterocycles. The molecule has 0 aliphatic heterocycles. The van der Waals surface area contributed by atoms with E-state index in [4.69, 9.17) is 0 Å². The molecule has 0 aliphatic rings. The molecule has 0 radical (unpaired) electrons. The number of pyridine rings is 2. The van der Waals surface area contributed by atoms with Gasteiger partial charge in [-0.15, -0.1) is 0 Å². The van der Waals surface area contributed by atoms with Gasteiger partial charge in [0, 0.05) is 36.7 Å². The minimum atomic E-state index is 0.428. The van der Waals surface area contributed by atoms with Crippen LogP contribution in [0.5, 0.6) is 0 Å². The first-order valence-corrected chi connectivity index (χ1v) is 6.90. The molecular weight excluding hydrogens is 234 g/mol. The second-order valence-electron chi connectivity index (χ2n) is 4.74. The third-order valence-corrected chi connectivity index (χ3v) is 3.10. The van der Waals surface area contributed by atoms with Gasteiger partial charge in [0.05, 0.1) is 0 Å². The van der Waals surface area contributed by atoms with Gasteiger partial charge >= 0.3 is 0 Å². The number of aromatic nitrogens is 2. The van der Waals surface area contributed by atoms with E-state index in [0.29, 0.717) is 6.04 Å². The highest BCUT2D eigenvalue weighted by atomic mass is 14.9. The lowest BCUT2D eigenvalue weighted by atomic mass is 10.0. The highest BCUT2D eigenvalue weighted by Gasteiger charge is 2.10. The van der Waals surface area contributed by atoms with Gasteiger partial charge in [-0.1, -0.05) is 13.0 Å². The summed E-state index contributed by atoms with van der Waals surface area (Å²) in [4.78, 5) is 8.48. The molecule has 0 aliphatic carbocycles. The third-order valence-electron chi connectivity index (χ3n) is 3.10. The van der Waals surface area contributed by atoms with Crippen molar-refractivity contribution in [2.24, 2.45) is 0 Å². The van der Waals surface area contributed by atoms with Crippen LogP contribution in [0.2, 0.25) is 0 Å². The lowest BCUT2D eigenvalue weighted by molar-refractivity contribution is 0.500. The summed E-state index contributed by atoms with van der Waals surface area (Å²) in [6.45, 7) is 3.24. The fourth-order valence-electron chi connectivity index (χ4n) is 2.14. The van der Waals surface area contributed by atoms with Crippen LogP contribution in [0.1, 0.15) is 24.6 Å². The molecule has 2 aromatic rings. The summed E-state index contributed by atoms with van der Waals surface area (Å²) >= 11 is 0. The fraction of sp³-hybridized carbons (Fsp3) is 0.375. The smallest absolute Gasteiger partial charge is 0.0419 e. The minimum absolute atomic E-state index is 0.428. The number of rotatable bonds is 7. The van der Waals surface area contributed by atoms with Crippen LogP contribution in [0.3, 0.4) is 0 Å². The van der Waals surface area contributed by atoms with Crippen molar-refractivity contribution in [1.29, 1.82) is 0 Å². The Morgan fingerprint density at radius 2 is 1.89 bits per heavy atom. The molecule has 0 bridgehead atoms. The third kappa shape index (κ3) is 4.79. The van der Waals surface area contributed by atoms with Gasteiger partial charge in [-0.25, -0.2) is 0 Å². The van der Waals surface area contributed by atoms with Crippen molar-refractivity contribution >= 4 is 0 Å². The fourth-order valence-corrected chi connectivity index (χ4v) is 2.14. The van der Waals surface area contributed by atoms with Crippen molar-refractivity contribution in [3.63, 3.8) is 0 Å². The monoisotopic (exact) mass is 255 g/mol. The van der Waals surface area contributed by atoms with Crippen LogP contribution in [0.25, 0.3) is 0 Å². The summed E-state index contributed by atoms with van der Waals surface area (Å²) in [6.07, 6.45) is 8.69. The molecule has 2 rings (SSSR count). The van der Waals surface area contributed by atoms with Gasteiger partial charge in [-0.2, -0.15) is 0 Å². The van der Waals surface area contributed by atoms with Gasteiger partial charge in [-0.05, 0) is 49.2 Å². The van der Waals surface area contributed by atoms with Crippen LogP contribution < -0.4 is 5.32 Å². The van der Waals surface area contributed by atoms with Crippen molar-refractivity contribution in [1.82, 2.24) is 15.3 Å². The lowest BCUT2D eigenvalue weighted by Gasteiger charge is -2.18. The number of nitrogens with one attached hydrogen (secondary N) is 1. The molecule has 100 valence electrons. The van der Waals surface area contributed by atoms with Crippen molar-refractivity contribution < 1.29 is 0 Å². The average molecular weight is 255 g/mol. The largest absolute Gasteiger partial charge is 0.313 e. The van der Waals surface area contributed by atoms with Crippen LogP contribution in [-0.2, 0) is 12.8 Å². The summed E-state index contributed by atoms with van der Waals surface area (Å²) < 4.78 is 0. The molecule has 1 unspecified atom stereocenters. The van der Waals surface area contributed by atoms with E-state index in [1.165, 1.54) is 5.56 Å². The number of hydrogen-bond acceptors (Lipinski definition) is 3. The first kappa shape index (κ1) is 13.7. The minimum Gasteiger partial charge on any atom is -0.313 e. The second-order valence-corrected chi connectivity index (χ2v) is 4.74. The molecule has 1 atom stereocenters. The summed E-state index contributed by atoms with van der Waals surface area (Å²) in [5.41, 5.74) is 2.46. The Labute approximate surface area is 115 Å². The summed E-state index contributed by atoms with van der Waals surface area (Å²) in [7, 11) is 0.